The number of ketones is 1. The van der Waals surface area contributed by atoms with E-state index in [1.54, 1.807) is 0 Å². The van der Waals surface area contributed by atoms with Gasteiger partial charge in [-0.3, -0.25) is 4.79 Å². The molecule has 0 aliphatic heterocycles. The first-order valence-corrected chi connectivity index (χ1v) is 8.33. The summed E-state index contributed by atoms with van der Waals surface area (Å²) in [4.78, 5) is 12.2. The van der Waals surface area contributed by atoms with Crippen LogP contribution in [0.4, 0.5) is 0 Å². The normalized spacial score (nSPS) is 19.6. The van der Waals surface area contributed by atoms with Gasteiger partial charge in [-0.15, -0.1) is 0 Å². The summed E-state index contributed by atoms with van der Waals surface area (Å²) in [6.07, 6.45) is 4.27. The lowest BCUT2D eigenvalue weighted by Gasteiger charge is -2.23. The zero-order chi connectivity index (χ0) is 13.2. The third-order valence-corrected chi connectivity index (χ3v) is 4.51. The molecule has 0 bridgehead atoms. The molecule has 0 amide bonds. The highest BCUT2D eigenvalue weighted by Crippen LogP contribution is 2.28. The highest BCUT2D eigenvalue weighted by molar-refractivity contribution is 7.90. The van der Waals surface area contributed by atoms with E-state index in [0.29, 0.717) is 12.8 Å². The van der Waals surface area contributed by atoms with Crippen LogP contribution < -0.4 is 0 Å². The van der Waals surface area contributed by atoms with Gasteiger partial charge in [0.25, 0.3) is 0 Å². The number of Topliss-reactive ketones (excluding diaryl/α,β-unsaturated/α-hetero) is 1. The molecule has 1 unspecified atom stereocenters. The van der Waals surface area contributed by atoms with Gasteiger partial charge in [-0.1, -0.05) is 24.3 Å². The Kier molecular flexibility index (Phi) is 3.85. The monoisotopic (exact) mass is 266 g/mol. The SMILES string of the molecule is CS(=O)(=O)CCCC1CCc2ccccc2C1=O. The number of carbonyl (C=O) groups is 1. The summed E-state index contributed by atoms with van der Waals surface area (Å²) < 4.78 is 22.1. The number of hydrogen-bond acceptors (Lipinski definition) is 3. The Balaban J connectivity index is 2.00. The van der Waals surface area contributed by atoms with Crippen molar-refractivity contribution in [2.75, 3.05) is 12.0 Å². The van der Waals surface area contributed by atoms with E-state index in [1.807, 2.05) is 24.3 Å². The Morgan fingerprint density at radius 2 is 2.00 bits per heavy atom. The largest absolute Gasteiger partial charge is 0.294 e. The molecule has 1 aliphatic rings. The Bertz CT molecular complexity index is 546. The molecule has 2 rings (SSSR count). The van der Waals surface area contributed by atoms with Crippen LogP contribution in [0.2, 0.25) is 0 Å². The molecule has 1 aliphatic carbocycles. The second-order valence-electron chi connectivity index (χ2n) is 5.03. The van der Waals surface area contributed by atoms with Gasteiger partial charge in [0.2, 0.25) is 0 Å². The van der Waals surface area contributed by atoms with Gasteiger partial charge in [-0.25, -0.2) is 8.42 Å². The van der Waals surface area contributed by atoms with Gasteiger partial charge in [-0.05, 0) is 31.2 Å². The van der Waals surface area contributed by atoms with Crippen molar-refractivity contribution in [3.63, 3.8) is 0 Å². The number of sulfone groups is 1. The minimum atomic E-state index is -2.91. The van der Waals surface area contributed by atoms with E-state index >= 15 is 0 Å². The first-order chi connectivity index (χ1) is 8.47. The predicted molar refractivity (Wildman–Crippen MR) is 71.5 cm³/mol. The van der Waals surface area contributed by atoms with E-state index in [1.165, 1.54) is 6.26 Å². The molecule has 18 heavy (non-hydrogen) atoms. The second-order valence-corrected chi connectivity index (χ2v) is 7.29. The average Bonchev–Trinajstić information content (AvgIpc) is 2.31. The van der Waals surface area contributed by atoms with Gasteiger partial charge in [0.15, 0.2) is 5.78 Å². The first-order valence-electron chi connectivity index (χ1n) is 6.27. The molecule has 0 saturated carbocycles. The quantitative estimate of drug-likeness (QED) is 0.840. The number of hydrogen-bond donors (Lipinski definition) is 0. The highest BCUT2D eigenvalue weighted by Gasteiger charge is 2.26. The fourth-order valence-corrected chi connectivity index (χ4v) is 3.22. The highest BCUT2D eigenvalue weighted by atomic mass is 32.2. The lowest BCUT2D eigenvalue weighted by molar-refractivity contribution is 0.0894. The van der Waals surface area contributed by atoms with E-state index in [9.17, 15) is 13.2 Å². The maximum atomic E-state index is 12.2. The van der Waals surface area contributed by atoms with Crippen molar-refractivity contribution in [2.24, 2.45) is 5.92 Å². The van der Waals surface area contributed by atoms with Crippen LogP contribution >= 0.6 is 0 Å². The molecule has 1 atom stereocenters. The number of fused-ring (bicyclic) bond motifs is 1. The Labute approximate surface area is 108 Å². The standard InChI is InChI=1S/C14H18O3S/c1-18(16,17)10-4-6-12-9-8-11-5-2-3-7-13(11)14(12)15/h2-3,5,7,12H,4,6,8-10H2,1H3. The van der Waals surface area contributed by atoms with Crippen LogP contribution in [-0.2, 0) is 16.3 Å². The van der Waals surface area contributed by atoms with Crippen LogP contribution in [-0.4, -0.2) is 26.2 Å². The lowest BCUT2D eigenvalue weighted by Crippen LogP contribution is -2.23. The summed E-state index contributed by atoms with van der Waals surface area (Å²) in [5, 5.41) is 0. The molecule has 4 heteroatoms. The van der Waals surface area contributed by atoms with E-state index in [2.05, 4.69) is 0 Å². The number of carbonyl (C=O) groups excluding carboxylic acids is 1. The molecule has 3 nitrogen and oxygen atoms in total. The van der Waals surface area contributed by atoms with Gasteiger partial charge in [0.1, 0.15) is 9.84 Å². The maximum Gasteiger partial charge on any atom is 0.166 e. The average molecular weight is 266 g/mol. The number of aryl methyl sites for hydroxylation is 1. The molecule has 1 aromatic rings. The molecule has 0 saturated heterocycles. The van der Waals surface area contributed by atoms with Crippen LogP contribution in [0.25, 0.3) is 0 Å². The summed E-state index contributed by atoms with van der Waals surface area (Å²) in [5.41, 5.74) is 1.95. The molecule has 1 aromatic carbocycles. The van der Waals surface area contributed by atoms with Crippen molar-refractivity contribution >= 4 is 15.6 Å². The summed E-state index contributed by atoms with van der Waals surface area (Å²) in [5.74, 6) is 0.366. The van der Waals surface area contributed by atoms with Crippen LogP contribution in [0.3, 0.4) is 0 Å². The molecular formula is C14H18O3S. The van der Waals surface area contributed by atoms with Gasteiger partial charge < -0.3 is 0 Å². The van der Waals surface area contributed by atoms with Crippen LogP contribution in [0.15, 0.2) is 24.3 Å². The van der Waals surface area contributed by atoms with Gasteiger partial charge in [-0.2, -0.15) is 0 Å². The van der Waals surface area contributed by atoms with E-state index in [4.69, 9.17) is 0 Å². The molecule has 98 valence electrons. The first kappa shape index (κ1) is 13.3. The predicted octanol–water partition coefficient (Wildman–Crippen LogP) is 2.26. The zero-order valence-electron chi connectivity index (χ0n) is 10.6. The van der Waals surface area contributed by atoms with Crippen LogP contribution in [0.5, 0.6) is 0 Å². The zero-order valence-corrected chi connectivity index (χ0v) is 11.4. The van der Waals surface area contributed by atoms with Crippen LogP contribution in [0, 0.1) is 5.92 Å². The third-order valence-electron chi connectivity index (χ3n) is 3.48. The molecule has 0 fully saturated rings. The van der Waals surface area contributed by atoms with Gasteiger partial charge >= 0.3 is 0 Å². The Hall–Kier alpha value is -1.16. The Morgan fingerprint density at radius 1 is 1.28 bits per heavy atom. The number of benzene rings is 1. The van der Waals surface area contributed by atoms with Crippen molar-refractivity contribution in [3.8, 4) is 0 Å². The summed E-state index contributed by atoms with van der Waals surface area (Å²) in [6, 6.07) is 7.71. The second kappa shape index (κ2) is 5.22. The fraction of sp³-hybridized carbons (Fsp3) is 0.500. The summed E-state index contributed by atoms with van der Waals surface area (Å²) in [6.45, 7) is 0. The topological polar surface area (TPSA) is 51.2 Å². The minimum Gasteiger partial charge on any atom is -0.294 e. The molecule has 0 N–H and O–H groups in total. The van der Waals surface area contributed by atoms with E-state index in [-0.39, 0.29) is 17.5 Å². The maximum absolute atomic E-state index is 12.2. The fourth-order valence-electron chi connectivity index (χ4n) is 2.53. The van der Waals surface area contributed by atoms with Crippen LogP contribution in [0.1, 0.15) is 35.2 Å². The molecule has 0 spiro atoms. The Morgan fingerprint density at radius 3 is 2.72 bits per heavy atom. The van der Waals surface area contributed by atoms with Crippen molar-refractivity contribution in [1.29, 1.82) is 0 Å². The van der Waals surface area contributed by atoms with Gasteiger partial charge in [0.05, 0.1) is 0 Å². The summed E-state index contributed by atoms with van der Waals surface area (Å²) >= 11 is 0. The molecule has 0 aromatic heterocycles. The van der Waals surface area contributed by atoms with E-state index < -0.39 is 9.84 Å². The summed E-state index contributed by atoms with van der Waals surface area (Å²) in [7, 11) is -2.91. The molecular weight excluding hydrogens is 248 g/mol. The van der Waals surface area contributed by atoms with Gasteiger partial charge in [0, 0.05) is 23.5 Å². The smallest absolute Gasteiger partial charge is 0.166 e. The van der Waals surface area contributed by atoms with Crippen molar-refractivity contribution < 1.29 is 13.2 Å². The van der Waals surface area contributed by atoms with Crippen molar-refractivity contribution in [1.82, 2.24) is 0 Å². The van der Waals surface area contributed by atoms with Crippen molar-refractivity contribution in [2.45, 2.75) is 25.7 Å². The number of rotatable bonds is 4. The lowest BCUT2D eigenvalue weighted by atomic mass is 9.81. The minimum absolute atomic E-state index is 0.00153. The molecule has 0 radical (unpaired) electrons. The molecule has 0 heterocycles. The van der Waals surface area contributed by atoms with E-state index in [0.717, 1.165) is 24.0 Å². The van der Waals surface area contributed by atoms with Crippen molar-refractivity contribution in [3.05, 3.63) is 35.4 Å². The third kappa shape index (κ3) is 3.19.